The highest BCUT2D eigenvalue weighted by Crippen LogP contribution is 1.94. The molecule has 0 bridgehead atoms. The van der Waals surface area contributed by atoms with Crippen LogP contribution in [0.5, 0.6) is 0 Å². The SMILES string of the molecule is CCCn1ncnc1CNCCNC(C)=O. The summed E-state index contributed by atoms with van der Waals surface area (Å²) in [4.78, 5) is 14.8. The minimum Gasteiger partial charge on any atom is -0.355 e. The summed E-state index contributed by atoms with van der Waals surface area (Å²) < 4.78 is 1.89. The van der Waals surface area contributed by atoms with Crippen LogP contribution in [0.25, 0.3) is 0 Å². The lowest BCUT2D eigenvalue weighted by molar-refractivity contribution is -0.118. The summed E-state index contributed by atoms with van der Waals surface area (Å²) >= 11 is 0. The lowest BCUT2D eigenvalue weighted by atomic mass is 10.4. The quantitative estimate of drug-likeness (QED) is 0.636. The van der Waals surface area contributed by atoms with Crippen LogP contribution in [0, 0.1) is 0 Å². The Kier molecular flexibility index (Phi) is 5.49. The van der Waals surface area contributed by atoms with E-state index in [-0.39, 0.29) is 5.91 Å². The second-order valence-electron chi connectivity index (χ2n) is 3.56. The lowest BCUT2D eigenvalue weighted by Gasteiger charge is -2.06. The van der Waals surface area contributed by atoms with Crippen molar-refractivity contribution < 1.29 is 4.79 Å². The molecule has 0 saturated carbocycles. The Morgan fingerprint density at radius 3 is 3.00 bits per heavy atom. The minimum absolute atomic E-state index is 0.00375. The molecular formula is C10H19N5O. The van der Waals surface area contributed by atoms with Gasteiger partial charge < -0.3 is 10.6 Å². The molecule has 16 heavy (non-hydrogen) atoms. The van der Waals surface area contributed by atoms with E-state index >= 15 is 0 Å². The number of hydrogen-bond acceptors (Lipinski definition) is 4. The molecule has 1 rings (SSSR count). The molecule has 0 saturated heterocycles. The Labute approximate surface area is 95.4 Å². The zero-order valence-electron chi connectivity index (χ0n) is 9.86. The normalized spacial score (nSPS) is 10.4. The van der Waals surface area contributed by atoms with E-state index in [2.05, 4.69) is 27.6 Å². The zero-order chi connectivity index (χ0) is 11.8. The summed E-state index contributed by atoms with van der Waals surface area (Å²) in [6.45, 7) is 6.56. The molecule has 0 aliphatic heterocycles. The van der Waals surface area contributed by atoms with Crippen LogP contribution in [-0.4, -0.2) is 33.8 Å². The van der Waals surface area contributed by atoms with Crippen molar-refractivity contribution in [2.45, 2.75) is 33.4 Å². The molecule has 0 radical (unpaired) electrons. The van der Waals surface area contributed by atoms with Crippen LogP contribution < -0.4 is 10.6 Å². The Morgan fingerprint density at radius 1 is 1.50 bits per heavy atom. The number of aryl methyl sites for hydroxylation is 1. The van der Waals surface area contributed by atoms with Gasteiger partial charge in [-0.15, -0.1) is 0 Å². The first-order chi connectivity index (χ1) is 7.74. The summed E-state index contributed by atoms with van der Waals surface area (Å²) in [5, 5.41) is 10.1. The number of rotatable bonds is 7. The summed E-state index contributed by atoms with van der Waals surface area (Å²) in [5.74, 6) is 0.931. The topological polar surface area (TPSA) is 71.8 Å². The predicted molar refractivity (Wildman–Crippen MR) is 60.7 cm³/mol. The highest BCUT2D eigenvalue weighted by molar-refractivity contribution is 5.72. The third-order valence-electron chi connectivity index (χ3n) is 2.09. The van der Waals surface area contributed by atoms with Gasteiger partial charge in [0.2, 0.25) is 5.91 Å². The van der Waals surface area contributed by atoms with Crippen molar-refractivity contribution in [3.63, 3.8) is 0 Å². The van der Waals surface area contributed by atoms with E-state index in [1.807, 2.05) is 4.68 Å². The van der Waals surface area contributed by atoms with E-state index in [4.69, 9.17) is 0 Å². The van der Waals surface area contributed by atoms with Crippen molar-refractivity contribution in [3.8, 4) is 0 Å². The average Bonchev–Trinajstić information content (AvgIpc) is 2.65. The average molecular weight is 225 g/mol. The Balaban J connectivity index is 2.21. The first kappa shape index (κ1) is 12.6. The molecule has 0 spiro atoms. The molecule has 1 aromatic rings. The van der Waals surface area contributed by atoms with E-state index < -0.39 is 0 Å². The Hall–Kier alpha value is -1.43. The second-order valence-corrected chi connectivity index (χ2v) is 3.56. The predicted octanol–water partition coefficient (Wildman–Crippen LogP) is -0.0862. The smallest absolute Gasteiger partial charge is 0.216 e. The summed E-state index contributed by atoms with van der Waals surface area (Å²) in [7, 11) is 0. The van der Waals surface area contributed by atoms with Gasteiger partial charge in [0.15, 0.2) is 0 Å². The van der Waals surface area contributed by atoms with Crippen LogP contribution in [0.2, 0.25) is 0 Å². The molecule has 1 heterocycles. The van der Waals surface area contributed by atoms with E-state index in [1.54, 1.807) is 6.33 Å². The third kappa shape index (κ3) is 4.39. The highest BCUT2D eigenvalue weighted by Gasteiger charge is 2.01. The van der Waals surface area contributed by atoms with Gasteiger partial charge in [-0.05, 0) is 6.42 Å². The lowest BCUT2D eigenvalue weighted by Crippen LogP contribution is -2.30. The molecule has 0 aliphatic carbocycles. The molecule has 6 nitrogen and oxygen atoms in total. The van der Waals surface area contributed by atoms with Crippen LogP contribution in [0.3, 0.4) is 0 Å². The van der Waals surface area contributed by atoms with Crippen LogP contribution in [0.15, 0.2) is 6.33 Å². The fourth-order valence-corrected chi connectivity index (χ4v) is 1.35. The molecule has 0 fully saturated rings. The monoisotopic (exact) mass is 225 g/mol. The number of nitrogens with one attached hydrogen (secondary N) is 2. The van der Waals surface area contributed by atoms with Crippen LogP contribution >= 0.6 is 0 Å². The number of amides is 1. The number of hydrogen-bond donors (Lipinski definition) is 2. The molecular weight excluding hydrogens is 206 g/mol. The molecule has 0 aromatic carbocycles. The maximum absolute atomic E-state index is 10.6. The van der Waals surface area contributed by atoms with Gasteiger partial charge in [-0.3, -0.25) is 4.79 Å². The Morgan fingerprint density at radius 2 is 2.31 bits per heavy atom. The second kappa shape index (κ2) is 6.95. The fourth-order valence-electron chi connectivity index (χ4n) is 1.35. The van der Waals surface area contributed by atoms with E-state index in [1.165, 1.54) is 6.92 Å². The van der Waals surface area contributed by atoms with Crippen molar-refractivity contribution in [2.75, 3.05) is 13.1 Å². The van der Waals surface area contributed by atoms with Crippen molar-refractivity contribution in [3.05, 3.63) is 12.2 Å². The Bertz CT molecular complexity index is 323. The van der Waals surface area contributed by atoms with E-state index in [9.17, 15) is 4.79 Å². The first-order valence-electron chi connectivity index (χ1n) is 5.56. The number of carbonyl (C=O) groups excluding carboxylic acids is 1. The van der Waals surface area contributed by atoms with Crippen LogP contribution in [-0.2, 0) is 17.9 Å². The number of aromatic nitrogens is 3. The largest absolute Gasteiger partial charge is 0.355 e. The molecule has 6 heteroatoms. The number of carbonyl (C=O) groups is 1. The van der Waals surface area contributed by atoms with Gasteiger partial charge in [-0.1, -0.05) is 6.92 Å². The maximum atomic E-state index is 10.6. The van der Waals surface area contributed by atoms with Gasteiger partial charge in [0.1, 0.15) is 12.2 Å². The van der Waals surface area contributed by atoms with Gasteiger partial charge in [0.05, 0.1) is 6.54 Å². The minimum atomic E-state index is -0.00375. The molecule has 2 N–H and O–H groups in total. The van der Waals surface area contributed by atoms with Crippen LogP contribution in [0.1, 0.15) is 26.1 Å². The van der Waals surface area contributed by atoms with Crippen molar-refractivity contribution >= 4 is 5.91 Å². The van der Waals surface area contributed by atoms with Gasteiger partial charge in [-0.25, -0.2) is 9.67 Å². The summed E-state index contributed by atoms with van der Waals surface area (Å²) in [6, 6.07) is 0. The molecule has 1 aromatic heterocycles. The first-order valence-corrected chi connectivity index (χ1v) is 5.56. The van der Waals surface area contributed by atoms with Crippen molar-refractivity contribution in [1.29, 1.82) is 0 Å². The maximum Gasteiger partial charge on any atom is 0.216 e. The summed E-state index contributed by atoms with van der Waals surface area (Å²) in [5.41, 5.74) is 0. The number of nitrogens with zero attached hydrogens (tertiary/aromatic N) is 3. The highest BCUT2D eigenvalue weighted by atomic mass is 16.1. The van der Waals surface area contributed by atoms with E-state index in [0.717, 1.165) is 25.3 Å². The van der Waals surface area contributed by atoms with Gasteiger partial charge in [0, 0.05) is 26.6 Å². The molecule has 0 atom stereocenters. The van der Waals surface area contributed by atoms with Gasteiger partial charge in [-0.2, -0.15) is 5.10 Å². The van der Waals surface area contributed by atoms with Gasteiger partial charge >= 0.3 is 0 Å². The van der Waals surface area contributed by atoms with E-state index in [0.29, 0.717) is 13.1 Å². The molecule has 0 aliphatic rings. The standard InChI is InChI=1S/C10H19N5O/c1-3-6-15-10(13-8-14-15)7-11-4-5-12-9(2)16/h8,11H,3-7H2,1-2H3,(H,12,16). The molecule has 1 amide bonds. The van der Waals surface area contributed by atoms with Crippen molar-refractivity contribution in [1.82, 2.24) is 25.4 Å². The van der Waals surface area contributed by atoms with Crippen LogP contribution in [0.4, 0.5) is 0 Å². The van der Waals surface area contributed by atoms with Gasteiger partial charge in [0.25, 0.3) is 0 Å². The molecule has 0 unspecified atom stereocenters. The third-order valence-corrected chi connectivity index (χ3v) is 2.09. The van der Waals surface area contributed by atoms with Crippen molar-refractivity contribution in [2.24, 2.45) is 0 Å². The molecule has 90 valence electrons. The fraction of sp³-hybridized carbons (Fsp3) is 0.700. The zero-order valence-corrected chi connectivity index (χ0v) is 9.86. The summed E-state index contributed by atoms with van der Waals surface area (Å²) in [6.07, 6.45) is 2.61.